The van der Waals surface area contributed by atoms with Gasteiger partial charge in [-0.1, -0.05) is 37.3 Å². The predicted octanol–water partition coefficient (Wildman–Crippen LogP) is 4.29. The fraction of sp³-hybridized carbons (Fsp3) is 0.417. The van der Waals surface area contributed by atoms with Gasteiger partial charge in [-0.25, -0.2) is 0 Å². The monoisotopic (exact) mass is 376 g/mol. The van der Waals surface area contributed by atoms with Crippen molar-refractivity contribution in [3.8, 4) is 0 Å². The number of rotatable bonds is 3. The third kappa shape index (κ3) is 3.68. The summed E-state index contributed by atoms with van der Waals surface area (Å²) >= 11 is 0. The second-order valence-electron chi connectivity index (χ2n) is 7.88. The molecule has 0 aliphatic carbocycles. The Hall–Kier alpha value is -2.62. The van der Waals surface area contributed by atoms with E-state index in [1.165, 1.54) is 17.5 Å². The first-order valence-corrected chi connectivity index (χ1v) is 10.4. The lowest BCUT2D eigenvalue weighted by molar-refractivity contribution is 0.0608. The van der Waals surface area contributed by atoms with Crippen molar-refractivity contribution in [2.75, 3.05) is 13.1 Å². The molecule has 146 valence electrons. The summed E-state index contributed by atoms with van der Waals surface area (Å²) in [5.41, 5.74) is 3.78. The molecule has 1 unspecified atom stereocenters. The van der Waals surface area contributed by atoms with Crippen LogP contribution in [-0.4, -0.2) is 40.7 Å². The molecule has 2 aromatic carbocycles. The molecule has 0 aromatic heterocycles. The normalized spacial score (nSPS) is 19.2. The Morgan fingerprint density at radius 1 is 0.929 bits per heavy atom. The Balaban J connectivity index is 1.52. The summed E-state index contributed by atoms with van der Waals surface area (Å²) < 4.78 is 0. The third-order valence-electron chi connectivity index (χ3n) is 6.13. The number of likely N-dealkylation sites (tertiary alicyclic amines) is 1. The van der Waals surface area contributed by atoms with Crippen LogP contribution in [0.25, 0.3) is 0 Å². The van der Waals surface area contributed by atoms with Crippen LogP contribution < -0.4 is 0 Å². The minimum Gasteiger partial charge on any atom is -0.336 e. The van der Waals surface area contributed by atoms with Crippen LogP contribution in [0.5, 0.6) is 0 Å². The predicted molar refractivity (Wildman–Crippen MR) is 110 cm³/mol. The molecule has 4 nitrogen and oxygen atoms in total. The minimum atomic E-state index is 0.00911. The number of carbonyl (C=O) groups is 2. The highest BCUT2D eigenvalue weighted by Crippen LogP contribution is 2.24. The summed E-state index contributed by atoms with van der Waals surface area (Å²) in [7, 11) is 0. The van der Waals surface area contributed by atoms with E-state index < -0.39 is 0 Å². The molecule has 2 aliphatic heterocycles. The number of benzene rings is 2. The first-order chi connectivity index (χ1) is 13.7. The van der Waals surface area contributed by atoms with Crippen LogP contribution in [0.3, 0.4) is 0 Å². The Labute approximate surface area is 167 Å². The molecule has 0 radical (unpaired) electrons. The van der Waals surface area contributed by atoms with Crippen LogP contribution in [0.2, 0.25) is 0 Å². The molecular formula is C24H28N2O2. The van der Waals surface area contributed by atoms with Crippen molar-refractivity contribution in [1.82, 2.24) is 9.80 Å². The zero-order chi connectivity index (χ0) is 19.5. The molecule has 28 heavy (non-hydrogen) atoms. The molecule has 0 saturated carbocycles. The highest BCUT2D eigenvalue weighted by molar-refractivity contribution is 5.99. The molecular weight excluding hydrogens is 348 g/mol. The van der Waals surface area contributed by atoms with Crippen molar-refractivity contribution in [3.63, 3.8) is 0 Å². The number of piperidine rings is 1. The van der Waals surface area contributed by atoms with E-state index in [1.807, 2.05) is 34.1 Å². The second-order valence-corrected chi connectivity index (χ2v) is 7.88. The molecule has 2 aliphatic rings. The molecule has 2 heterocycles. The van der Waals surface area contributed by atoms with Crippen molar-refractivity contribution in [1.29, 1.82) is 0 Å². The highest BCUT2D eigenvalue weighted by Gasteiger charge is 2.27. The number of carbonyl (C=O) groups excluding carboxylic acids is 2. The minimum absolute atomic E-state index is 0.00911. The van der Waals surface area contributed by atoms with Crippen molar-refractivity contribution in [2.24, 2.45) is 0 Å². The van der Waals surface area contributed by atoms with Crippen molar-refractivity contribution < 1.29 is 9.59 Å². The van der Waals surface area contributed by atoms with Gasteiger partial charge in [0.1, 0.15) is 0 Å². The van der Waals surface area contributed by atoms with Gasteiger partial charge >= 0.3 is 0 Å². The molecule has 1 saturated heterocycles. The van der Waals surface area contributed by atoms with Crippen molar-refractivity contribution in [2.45, 2.75) is 51.6 Å². The van der Waals surface area contributed by atoms with E-state index in [-0.39, 0.29) is 11.8 Å². The Morgan fingerprint density at radius 2 is 1.68 bits per heavy atom. The van der Waals surface area contributed by atoms with Gasteiger partial charge in [0.2, 0.25) is 0 Å². The zero-order valence-electron chi connectivity index (χ0n) is 16.6. The SMILES string of the molecule is CCC1CCCCN1C(=O)c1cccc(C(=O)N2CCc3ccccc3C2)c1. The second kappa shape index (κ2) is 8.17. The first kappa shape index (κ1) is 18.7. The van der Waals surface area contributed by atoms with Crippen LogP contribution in [0, 0.1) is 0 Å². The van der Waals surface area contributed by atoms with Gasteiger partial charge in [0, 0.05) is 36.8 Å². The number of hydrogen-bond donors (Lipinski definition) is 0. The van der Waals surface area contributed by atoms with Gasteiger partial charge in [0.05, 0.1) is 0 Å². The van der Waals surface area contributed by atoms with E-state index in [9.17, 15) is 9.59 Å². The van der Waals surface area contributed by atoms with Gasteiger partial charge in [-0.2, -0.15) is 0 Å². The van der Waals surface area contributed by atoms with Crippen LogP contribution in [0.1, 0.15) is 64.4 Å². The Bertz CT molecular complexity index is 876. The van der Waals surface area contributed by atoms with E-state index in [0.717, 1.165) is 38.8 Å². The maximum Gasteiger partial charge on any atom is 0.254 e. The summed E-state index contributed by atoms with van der Waals surface area (Å²) in [6, 6.07) is 15.9. The first-order valence-electron chi connectivity index (χ1n) is 10.4. The Morgan fingerprint density at radius 3 is 2.46 bits per heavy atom. The summed E-state index contributed by atoms with van der Waals surface area (Å²) in [4.78, 5) is 30.1. The van der Waals surface area contributed by atoms with Gasteiger partial charge < -0.3 is 9.80 Å². The summed E-state index contributed by atoms with van der Waals surface area (Å²) in [6.07, 6.45) is 5.20. The summed E-state index contributed by atoms with van der Waals surface area (Å²) in [5.74, 6) is 0.0695. The fourth-order valence-corrected chi connectivity index (χ4v) is 4.50. The molecule has 0 N–H and O–H groups in total. The van der Waals surface area contributed by atoms with Gasteiger partial charge in [-0.3, -0.25) is 9.59 Å². The van der Waals surface area contributed by atoms with Gasteiger partial charge in [-0.15, -0.1) is 0 Å². The van der Waals surface area contributed by atoms with Gasteiger partial charge in [0.25, 0.3) is 11.8 Å². The number of amides is 2. The lowest BCUT2D eigenvalue weighted by Gasteiger charge is -2.35. The smallest absolute Gasteiger partial charge is 0.254 e. The summed E-state index contributed by atoms with van der Waals surface area (Å²) in [5, 5.41) is 0. The number of fused-ring (bicyclic) bond motifs is 1. The maximum atomic E-state index is 13.1. The number of nitrogens with zero attached hydrogens (tertiary/aromatic N) is 2. The average molecular weight is 377 g/mol. The third-order valence-corrected chi connectivity index (χ3v) is 6.13. The van der Waals surface area contributed by atoms with Crippen LogP contribution >= 0.6 is 0 Å². The zero-order valence-corrected chi connectivity index (χ0v) is 16.6. The largest absolute Gasteiger partial charge is 0.336 e. The van der Waals surface area contributed by atoms with Gasteiger partial charge in [-0.05, 0) is 61.4 Å². The number of hydrogen-bond acceptors (Lipinski definition) is 2. The average Bonchev–Trinajstić information content (AvgIpc) is 2.77. The van der Waals surface area contributed by atoms with Crippen LogP contribution in [0.15, 0.2) is 48.5 Å². The standard InChI is InChI=1S/C24H28N2O2/c1-2-22-12-5-6-14-26(22)24(28)20-11-7-10-19(16-20)23(27)25-15-13-18-8-3-4-9-21(18)17-25/h3-4,7-11,16,22H,2,5-6,12-15,17H2,1H3. The molecule has 1 fully saturated rings. The molecule has 2 aromatic rings. The van der Waals surface area contributed by atoms with E-state index in [1.54, 1.807) is 6.07 Å². The Kier molecular flexibility index (Phi) is 5.47. The fourth-order valence-electron chi connectivity index (χ4n) is 4.50. The van der Waals surface area contributed by atoms with E-state index in [4.69, 9.17) is 0 Å². The molecule has 0 bridgehead atoms. The topological polar surface area (TPSA) is 40.6 Å². The van der Waals surface area contributed by atoms with Gasteiger partial charge in [0.15, 0.2) is 0 Å². The molecule has 0 spiro atoms. The molecule has 4 heteroatoms. The van der Waals surface area contributed by atoms with Crippen LogP contribution in [0.4, 0.5) is 0 Å². The van der Waals surface area contributed by atoms with E-state index in [0.29, 0.717) is 23.7 Å². The lowest BCUT2D eigenvalue weighted by atomic mass is 9.97. The maximum absolute atomic E-state index is 13.1. The van der Waals surface area contributed by atoms with E-state index in [2.05, 4.69) is 25.1 Å². The summed E-state index contributed by atoms with van der Waals surface area (Å²) in [6.45, 7) is 4.32. The molecule has 1 atom stereocenters. The van der Waals surface area contributed by atoms with Crippen molar-refractivity contribution >= 4 is 11.8 Å². The highest BCUT2D eigenvalue weighted by atomic mass is 16.2. The van der Waals surface area contributed by atoms with E-state index >= 15 is 0 Å². The quantitative estimate of drug-likeness (QED) is 0.802. The molecule has 2 amide bonds. The van der Waals surface area contributed by atoms with Crippen molar-refractivity contribution in [3.05, 3.63) is 70.8 Å². The van der Waals surface area contributed by atoms with Crippen LogP contribution in [-0.2, 0) is 13.0 Å². The molecule has 4 rings (SSSR count). The lowest BCUT2D eigenvalue weighted by Crippen LogP contribution is -2.43.